The third-order valence-corrected chi connectivity index (χ3v) is 6.39. The van der Waals surface area contributed by atoms with Gasteiger partial charge < -0.3 is 15.6 Å². The van der Waals surface area contributed by atoms with E-state index in [1.165, 1.54) is 18.9 Å². The maximum atomic E-state index is 11.9. The molecule has 0 spiro atoms. The van der Waals surface area contributed by atoms with Crippen molar-refractivity contribution in [3.8, 4) is 6.07 Å². The third-order valence-electron chi connectivity index (χ3n) is 6.39. The van der Waals surface area contributed by atoms with E-state index in [4.69, 9.17) is 10.2 Å². The first-order valence-electron chi connectivity index (χ1n) is 10.8. The Bertz CT molecular complexity index is 1180. The summed E-state index contributed by atoms with van der Waals surface area (Å²) in [6.07, 6.45) is 5.03. The van der Waals surface area contributed by atoms with E-state index in [-0.39, 0.29) is 5.56 Å². The number of H-pyrrole nitrogens is 2. The highest BCUT2D eigenvalue weighted by atomic mass is 16.1. The number of hydrogen-bond acceptors (Lipinski definition) is 7. The molecule has 2 fully saturated rings. The van der Waals surface area contributed by atoms with Crippen LogP contribution in [-0.4, -0.2) is 49.7 Å². The molecule has 3 atom stereocenters. The van der Waals surface area contributed by atoms with Crippen LogP contribution in [0.1, 0.15) is 37.8 Å². The summed E-state index contributed by atoms with van der Waals surface area (Å²) < 4.78 is 0. The summed E-state index contributed by atoms with van der Waals surface area (Å²) in [6.45, 7) is 2.80. The lowest BCUT2D eigenvalue weighted by Crippen LogP contribution is -2.47. The number of aryl methyl sites for hydroxylation is 1. The van der Waals surface area contributed by atoms with Gasteiger partial charge in [-0.1, -0.05) is 0 Å². The Morgan fingerprint density at radius 1 is 1.23 bits per heavy atom. The standard InChI is InChI=1S/C22H26N8O/c1-13-9-20(29-28-13)26-19-12-18-17(5-6-21(31)25-18)22(27-19)24-14-10-15-3-4-16(11-14)30(15)8-2-7-23/h5-6,9,12,14-16H,2-4,8,10-11H2,1H3,(H,25,31)(H3,24,26,27,28,29)/t14-,15-,16?/m0/s1. The van der Waals surface area contributed by atoms with Crippen molar-refractivity contribution < 1.29 is 0 Å². The second-order valence-electron chi connectivity index (χ2n) is 8.54. The van der Waals surface area contributed by atoms with Gasteiger partial charge in [-0.3, -0.25) is 14.8 Å². The molecule has 0 aromatic carbocycles. The number of nitrogens with one attached hydrogen (secondary N) is 4. The monoisotopic (exact) mass is 418 g/mol. The zero-order valence-electron chi connectivity index (χ0n) is 17.5. The molecule has 9 heteroatoms. The Labute approximate surface area is 179 Å². The van der Waals surface area contributed by atoms with Gasteiger partial charge in [0.15, 0.2) is 5.82 Å². The number of piperidine rings is 1. The van der Waals surface area contributed by atoms with Gasteiger partial charge in [0.2, 0.25) is 5.56 Å². The number of rotatable bonds is 6. The van der Waals surface area contributed by atoms with E-state index in [0.29, 0.717) is 36.2 Å². The predicted molar refractivity (Wildman–Crippen MR) is 119 cm³/mol. The molecule has 2 saturated heterocycles. The zero-order chi connectivity index (χ0) is 21.4. The molecule has 5 heterocycles. The zero-order valence-corrected chi connectivity index (χ0v) is 17.5. The molecule has 0 radical (unpaired) electrons. The van der Waals surface area contributed by atoms with Crippen molar-refractivity contribution in [3.63, 3.8) is 0 Å². The second-order valence-corrected chi connectivity index (χ2v) is 8.54. The summed E-state index contributed by atoms with van der Waals surface area (Å²) in [6, 6.07) is 10.7. The van der Waals surface area contributed by atoms with E-state index < -0.39 is 0 Å². The lowest BCUT2D eigenvalue weighted by Gasteiger charge is -2.39. The minimum absolute atomic E-state index is 0.143. The minimum Gasteiger partial charge on any atom is -0.367 e. The van der Waals surface area contributed by atoms with Gasteiger partial charge >= 0.3 is 0 Å². The Kier molecular flexibility index (Phi) is 5.08. The fourth-order valence-corrected chi connectivity index (χ4v) is 5.08. The minimum atomic E-state index is -0.143. The summed E-state index contributed by atoms with van der Waals surface area (Å²) in [5, 5.41) is 23.9. The molecular weight excluding hydrogens is 392 g/mol. The van der Waals surface area contributed by atoms with Gasteiger partial charge in [-0.05, 0) is 38.7 Å². The smallest absolute Gasteiger partial charge is 0.248 e. The van der Waals surface area contributed by atoms with Crippen LogP contribution in [0.15, 0.2) is 29.1 Å². The number of aromatic nitrogens is 4. The number of nitriles is 1. The molecule has 3 aromatic rings. The summed E-state index contributed by atoms with van der Waals surface area (Å²) >= 11 is 0. The Hall–Kier alpha value is -3.38. The number of fused-ring (bicyclic) bond motifs is 3. The SMILES string of the molecule is Cc1cc(Nc2cc3[nH]c(=O)ccc3c(N[C@@H]3CC4CC[C@@H](C3)N4CCC#N)n2)n[nH]1. The molecule has 4 N–H and O–H groups in total. The van der Waals surface area contributed by atoms with Crippen LogP contribution in [0.25, 0.3) is 10.9 Å². The molecule has 2 aliphatic heterocycles. The van der Waals surface area contributed by atoms with Crippen LogP contribution < -0.4 is 16.2 Å². The second kappa shape index (κ2) is 8.04. The summed E-state index contributed by atoms with van der Waals surface area (Å²) in [7, 11) is 0. The lowest BCUT2D eigenvalue weighted by atomic mass is 9.97. The van der Waals surface area contributed by atoms with Crippen LogP contribution in [0, 0.1) is 18.3 Å². The highest BCUT2D eigenvalue weighted by Crippen LogP contribution is 2.37. The topological polar surface area (TPSA) is 126 Å². The fourth-order valence-electron chi connectivity index (χ4n) is 5.08. The van der Waals surface area contributed by atoms with Crippen molar-refractivity contribution >= 4 is 28.4 Å². The maximum absolute atomic E-state index is 11.9. The highest BCUT2D eigenvalue weighted by molar-refractivity contribution is 5.91. The largest absolute Gasteiger partial charge is 0.367 e. The van der Waals surface area contributed by atoms with Crippen LogP contribution in [0.5, 0.6) is 0 Å². The van der Waals surface area contributed by atoms with Crippen LogP contribution in [0.3, 0.4) is 0 Å². The Morgan fingerprint density at radius 2 is 2.03 bits per heavy atom. The maximum Gasteiger partial charge on any atom is 0.248 e. The molecule has 0 aliphatic carbocycles. The average molecular weight is 419 g/mol. The molecule has 160 valence electrons. The van der Waals surface area contributed by atoms with E-state index in [1.54, 1.807) is 0 Å². The molecule has 3 aromatic heterocycles. The van der Waals surface area contributed by atoms with Crippen LogP contribution in [-0.2, 0) is 0 Å². The number of pyridine rings is 2. The molecule has 0 saturated carbocycles. The van der Waals surface area contributed by atoms with E-state index in [9.17, 15) is 4.79 Å². The van der Waals surface area contributed by atoms with Crippen molar-refractivity contribution in [1.82, 2.24) is 25.1 Å². The van der Waals surface area contributed by atoms with E-state index >= 15 is 0 Å². The van der Waals surface area contributed by atoms with E-state index in [1.807, 2.05) is 25.1 Å². The lowest BCUT2D eigenvalue weighted by molar-refractivity contribution is 0.136. The summed E-state index contributed by atoms with van der Waals surface area (Å²) in [5.41, 5.74) is 1.54. The Morgan fingerprint density at radius 3 is 2.74 bits per heavy atom. The van der Waals surface area contributed by atoms with Gasteiger partial charge in [-0.25, -0.2) is 4.98 Å². The molecule has 1 unspecified atom stereocenters. The fraction of sp³-hybridized carbons (Fsp3) is 0.455. The van der Waals surface area contributed by atoms with Crippen LogP contribution in [0.2, 0.25) is 0 Å². The molecule has 2 bridgehead atoms. The first-order chi connectivity index (χ1) is 15.1. The van der Waals surface area contributed by atoms with Gasteiger partial charge in [-0.15, -0.1) is 0 Å². The molecule has 0 amide bonds. The molecular formula is C22H26N8O. The van der Waals surface area contributed by atoms with Crippen molar-refractivity contribution in [3.05, 3.63) is 40.3 Å². The predicted octanol–water partition coefficient (Wildman–Crippen LogP) is 3.02. The Balaban J connectivity index is 1.41. The average Bonchev–Trinajstić information content (AvgIpc) is 3.25. The third kappa shape index (κ3) is 3.99. The first kappa shape index (κ1) is 19.6. The quantitative estimate of drug-likeness (QED) is 0.485. The van der Waals surface area contributed by atoms with Crippen LogP contribution in [0.4, 0.5) is 17.5 Å². The van der Waals surface area contributed by atoms with Gasteiger partial charge in [0.05, 0.1) is 11.6 Å². The van der Waals surface area contributed by atoms with Crippen molar-refractivity contribution in [2.75, 3.05) is 17.2 Å². The number of nitrogens with zero attached hydrogens (tertiary/aromatic N) is 4. The molecule has 5 rings (SSSR count). The number of hydrogen-bond donors (Lipinski definition) is 4. The van der Waals surface area contributed by atoms with Gasteiger partial charge in [-0.2, -0.15) is 10.4 Å². The number of aromatic amines is 2. The van der Waals surface area contributed by atoms with Crippen LogP contribution >= 0.6 is 0 Å². The molecule has 9 nitrogen and oxygen atoms in total. The van der Waals surface area contributed by atoms with E-state index in [0.717, 1.165) is 41.8 Å². The van der Waals surface area contributed by atoms with Gasteiger partial charge in [0.1, 0.15) is 11.6 Å². The summed E-state index contributed by atoms with van der Waals surface area (Å²) in [5.74, 6) is 2.06. The molecule has 31 heavy (non-hydrogen) atoms. The first-order valence-corrected chi connectivity index (χ1v) is 10.8. The van der Waals surface area contributed by atoms with Crippen molar-refractivity contribution in [1.29, 1.82) is 5.26 Å². The van der Waals surface area contributed by atoms with Gasteiger partial charge in [0, 0.05) is 60.4 Å². The normalized spacial score (nSPS) is 23.0. The summed E-state index contributed by atoms with van der Waals surface area (Å²) in [4.78, 5) is 22.2. The van der Waals surface area contributed by atoms with E-state index in [2.05, 4.69) is 36.8 Å². The van der Waals surface area contributed by atoms with Gasteiger partial charge in [0.25, 0.3) is 0 Å². The highest BCUT2D eigenvalue weighted by Gasteiger charge is 2.40. The molecule has 2 aliphatic rings. The number of anilines is 3. The van der Waals surface area contributed by atoms with Crippen molar-refractivity contribution in [2.24, 2.45) is 0 Å². The van der Waals surface area contributed by atoms with Crippen molar-refractivity contribution in [2.45, 2.75) is 57.2 Å².